The van der Waals surface area contributed by atoms with E-state index in [0.29, 0.717) is 18.2 Å². The third kappa shape index (κ3) is 4.26. The Morgan fingerprint density at radius 2 is 2.04 bits per heavy atom. The Bertz CT molecular complexity index is 697. The Hall–Kier alpha value is -1.76. The Balaban J connectivity index is 1.72. The molecule has 1 aliphatic rings. The van der Waals surface area contributed by atoms with Crippen LogP contribution in [0.15, 0.2) is 28.0 Å². The van der Waals surface area contributed by atoms with E-state index in [4.69, 9.17) is 4.42 Å². The number of aromatic nitrogens is 3. The SMILES string of the molecule is CC(C)N(C(=O)CSc1nnc(C2CC2)n1Cc1ccco1)C(C)C. The molecule has 2 aromatic heterocycles. The van der Waals surface area contributed by atoms with Gasteiger partial charge in [0, 0.05) is 18.0 Å². The van der Waals surface area contributed by atoms with E-state index in [2.05, 4.69) is 14.8 Å². The van der Waals surface area contributed by atoms with Crippen molar-refractivity contribution in [1.29, 1.82) is 0 Å². The van der Waals surface area contributed by atoms with Crippen molar-refractivity contribution >= 4 is 17.7 Å². The van der Waals surface area contributed by atoms with Crippen molar-refractivity contribution in [1.82, 2.24) is 19.7 Å². The van der Waals surface area contributed by atoms with Gasteiger partial charge in [-0.25, -0.2) is 0 Å². The second-order valence-corrected chi connectivity index (χ2v) is 8.00. The highest BCUT2D eigenvalue weighted by Crippen LogP contribution is 2.40. The van der Waals surface area contributed by atoms with E-state index in [1.807, 2.05) is 44.7 Å². The average Bonchev–Trinajstić information content (AvgIpc) is 3.10. The molecule has 0 saturated heterocycles. The van der Waals surface area contributed by atoms with Crippen molar-refractivity contribution in [3.05, 3.63) is 30.0 Å². The molecule has 1 amide bonds. The van der Waals surface area contributed by atoms with Gasteiger partial charge in [0.1, 0.15) is 11.6 Å². The minimum Gasteiger partial charge on any atom is -0.467 e. The highest BCUT2D eigenvalue weighted by Gasteiger charge is 2.31. The quantitative estimate of drug-likeness (QED) is 0.672. The molecule has 136 valence electrons. The van der Waals surface area contributed by atoms with Gasteiger partial charge in [-0.2, -0.15) is 0 Å². The lowest BCUT2D eigenvalue weighted by Crippen LogP contribution is -2.43. The molecule has 0 radical (unpaired) electrons. The van der Waals surface area contributed by atoms with Gasteiger partial charge in [0.05, 0.1) is 18.6 Å². The molecule has 6 nitrogen and oxygen atoms in total. The molecule has 7 heteroatoms. The van der Waals surface area contributed by atoms with E-state index in [9.17, 15) is 4.79 Å². The summed E-state index contributed by atoms with van der Waals surface area (Å²) in [4.78, 5) is 14.5. The van der Waals surface area contributed by atoms with Gasteiger partial charge >= 0.3 is 0 Å². The van der Waals surface area contributed by atoms with E-state index in [0.717, 1.165) is 29.6 Å². The summed E-state index contributed by atoms with van der Waals surface area (Å²) in [5, 5.41) is 9.51. The van der Waals surface area contributed by atoms with Gasteiger partial charge in [0.25, 0.3) is 0 Å². The molecule has 3 rings (SSSR count). The molecule has 25 heavy (non-hydrogen) atoms. The first-order valence-electron chi connectivity index (χ1n) is 8.86. The minimum absolute atomic E-state index is 0.135. The smallest absolute Gasteiger partial charge is 0.233 e. The molecule has 1 fully saturated rings. The van der Waals surface area contributed by atoms with Gasteiger partial charge < -0.3 is 9.32 Å². The van der Waals surface area contributed by atoms with Crippen LogP contribution in [0.3, 0.4) is 0 Å². The molecule has 0 aromatic carbocycles. The number of carbonyl (C=O) groups is 1. The van der Waals surface area contributed by atoms with Crippen LogP contribution in [0.2, 0.25) is 0 Å². The molecule has 2 heterocycles. The van der Waals surface area contributed by atoms with Crippen LogP contribution in [0.5, 0.6) is 0 Å². The molecule has 0 atom stereocenters. The molecule has 2 aromatic rings. The Morgan fingerprint density at radius 3 is 2.60 bits per heavy atom. The third-order valence-electron chi connectivity index (χ3n) is 4.31. The zero-order valence-electron chi connectivity index (χ0n) is 15.3. The predicted octanol–water partition coefficient (Wildman–Crippen LogP) is 3.53. The van der Waals surface area contributed by atoms with Crippen LogP contribution in [0.25, 0.3) is 0 Å². The number of amides is 1. The number of carbonyl (C=O) groups excluding carboxylic acids is 1. The summed E-state index contributed by atoms with van der Waals surface area (Å²) in [6.45, 7) is 8.81. The summed E-state index contributed by atoms with van der Waals surface area (Å²) >= 11 is 1.46. The maximum absolute atomic E-state index is 12.6. The summed E-state index contributed by atoms with van der Waals surface area (Å²) in [5.41, 5.74) is 0. The van der Waals surface area contributed by atoms with Gasteiger partial charge in [0.15, 0.2) is 5.16 Å². The van der Waals surface area contributed by atoms with Crippen molar-refractivity contribution in [2.45, 2.75) is 70.2 Å². The molecule has 0 spiro atoms. The van der Waals surface area contributed by atoms with Crippen molar-refractivity contribution in [2.24, 2.45) is 0 Å². The topological polar surface area (TPSA) is 64.2 Å². The largest absolute Gasteiger partial charge is 0.467 e. The molecule has 0 bridgehead atoms. The fourth-order valence-electron chi connectivity index (χ4n) is 3.13. The zero-order valence-corrected chi connectivity index (χ0v) is 16.1. The predicted molar refractivity (Wildman–Crippen MR) is 97.6 cm³/mol. The molecule has 1 aliphatic carbocycles. The van der Waals surface area contributed by atoms with Crippen molar-refractivity contribution in [3.8, 4) is 0 Å². The van der Waals surface area contributed by atoms with E-state index >= 15 is 0 Å². The molecular weight excluding hydrogens is 336 g/mol. The summed E-state index contributed by atoms with van der Waals surface area (Å²) in [7, 11) is 0. The molecule has 0 unspecified atom stereocenters. The van der Waals surface area contributed by atoms with Crippen LogP contribution in [0, 0.1) is 0 Å². The molecule has 0 N–H and O–H groups in total. The first-order chi connectivity index (χ1) is 12.0. The molecule has 1 saturated carbocycles. The number of nitrogens with zero attached hydrogens (tertiary/aromatic N) is 4. The van der Waals surface area contributed by atoms with Gasteiger partial charge in [-0.1, -0.05) is 11.8 Å². The lowest BCUT2D eigenvalue weighted by atomic mass is 10.2. The van der Waals surface area contributed by atoms with E-state index in [-0.39, 0.29) is 18.0 Å². The van der Waals surface area contributed by atoms with Gasteiger partial charge in [-0.15, -0.1) is 10.2 Å². The first-order valence-corrected chi connectivity index (χ1v) is 9.85. The second kappa shape index (κ2) is 7.64. The monoisotopic (exact) mass is 362 g/mol. The highest BCUT2D eigenvalue weighted by molar-refractivity contribution is 7.99. The Kier molecular flexibility index (Phi) is 5.51. The number of furan rings is 1. The van der Waals surface area contributed by atoms with E-state index < -0.39 is 0 Å². The summed E-state index contributed by atoms with van der Waals surface area (Å²) in [5.74, 6) is 2.89. The van der Waals surface area contributed by atoms with Crippen molar-refractivity contribution < 1.29 is 9.21 Å². The highest BCUT2D eigenvalue weighted by atomic mass is 32.2. The fourth-order valence-corrected chi connectivity index (χ4v) is 3.94. The van der Waals surface area contributed by atoms with Gasteiger partial charge in [-0.05, 0) is 52.7 Å². The fraction of sp³-hybridized carbons (Fsp3) is 0.611. The summed E-state index contributed by atoms with van der Waals surface area (Å²) in [6.07, 6.45) is 4.00. The van der Waals surface area contributed by atoms with Crippen molar-refractivity contribution in [2.75, 3.05) is 5.75 Å². The van der Waals surface area contributed by atoms with Gasteiger partial charge in [0.2, 0.25) is 5.91 Å². The van der Waals surface area contributed by atoms with Crippen molar-refractivity contribution in [3.63, 3.8) is 0 Å². The molecular formula is C18H26N4O2S. The third-order valence-corrected chi connectivity index (χ3v) is 5.26. The Morgan fingerprint density at radius 1 is 1.32 bits per heavy atom. The summed E-state index contributed by atoms with van der Waals surface area (Å²) < 4.78 is 7.58. The lowest BCUT2D eigenvalue weighted by molar-refractivity contribution is -0.131. The number of thioether (sulfide) groups is 1. The van der Waals surface area contributed by atoms with Crippen LogP contribution in [0.1, 0.15) is 58.0 Å². The van der Waals surface area contributed by atoms with Gasteiger partial charge in [-0.3, -0.25) is 9.36 Å². The maximum atomic E-state index is 12.6. The standard InChI is InChI=1S/C18H26N4O2S/c1-12(2)22(13(3)4)16(23)11-25-18-20-19-17(14-7-8-14)21(18)10-15-6-5-9-24-15/h5-6,9,12-14H,7-8,10-11H2,1-4H3. The van der Waals surface area contributed by atoms with Crippen LogP contribution in [0.4, 0.5) is 0 Å². The van der Waals surface area contributed by atoms with Crippen LogP contribution in [-0.2, 0) is 11.3 Å². The first kappa shape index (κ1) is 18.0. The van der Waals surface area contributed by atoms with E-state index in [1.165, 1.54) is 11.8 Å². The average molecular weight is 362 g/mol. The second-order valence-electron chi connectivity index (χ2n) is 7.06. The maximum Gasteiger partial charge on any atom is 0.233 e. The zero-order chi connectivity index (χ0) is 18.0. The lowest BCUT2D eigenvalue weighted by Gasteiger charge is -2.30. The summed E-state index contributed by atoms with van der Waals surface area (Å²) in [6, 6.07) is 4.22. The number of rotatable bonds is 8. The van der Waals surface area contributed by atoms with Crippen LogP contribution in [-0.4, -0.2) is 43.4 Å². The molecule has 0 aliphatic heterocycles. The van der Waals surface area contributed by atoms with Crippen LogP contribution >= 0.6 is 11.8 Å². The Labute approximate surface area is 153 Å². The number of hydrogen-bond donors (Lipinski definition) is 0. The van der Waals surface area contributed by atoms with Crippen LogP contribution < -0.4 is 0 Å². The minimum atomic E-state index is 0.135. The normalized spacial score (nSPS) is 14.5. The number of hydrogen-bond acceptors (Lipinski definition) is 5. The van der Waals surface area contributed by atoms with E-state index in [1.54, 1.807) is 6.26 Å².